The third kappa shape index (κ3) is 3.79. The molecule has 4 rings (SSSR count). The Morgan fingerprint density at radius 1 is 1.07 bits per heavy atom. The highest BCUT2D eigenvalue weighted by molar-refractivity contribution is 5.97. The summed E-state index contributed by atoms with van der Waals surface area (Å²) >= 11 is 0. The summed E-state index contributed by atoms with van der Waals surface area (Å²) < 4.78 is 11.6. The first kappa shape index (κ1) is 17.6. The fourth-order valence-electron chi connectivity index (χ4n) is 2.91. The van der Waals surface area contributed by atoms with Crippen LogP contribution >= 0.6 is 0 Å². The first-order valence-electron chi connectivity index (χ1n) is 8.87. The van der Waals surface area contributed by atoms with E-state index >= 15 is 0 Å². The summed E-state index contributed by atoms with van der Waals surface area (Å²) in [6.45, 7) is 0.911. The van der Waals surface area contributed by atoms with Crippen LogP contribution in [-0.2, 0) is 0 Å². The Labute approximate surface area is 162 Å². The molecule has 6 nitrogen and oxygen atoms in total. The second-order valence-corrected chi connectivity index (χ2v) is 6.36. The van der Waals surface area contributed by atoms with E-state index in [1.54, 1.807) is 29.2 Å². The van der Waals surface area contributed by atoms with Gasteiger partial charge < -0.3 is 14.4 Å². The molecule has 1 aliphatic rings. The summed E-state index contributed by atoms with van der Waals surface area (Å²) in [7, 11) is 0. The molecule has 3 aromatic rings. The van der Waals surface area contributed by atoms with Crippen molar-refractivity contribution in [2.24, 2.45) is 0 Å². The summed E-state index contributed by atoms with van der Waals surface area (Å²) in [5.74, 6) is 1.48. The highest BCUT2D eigenvalue weighted by Gasteiger charge is 2.34. The van der Waals surface area contributed by atoms with Crippen LogP contribution in [0.15, 0.2) is 72.9 Å². The van der Waals surface area contributed by atoms with E-state index in [1.807, 2.05) is 42.5 Å². The maximum absolute atomic E-state index is 12.9. The van der Waals surface area contributed by atoms with E-state index in [0.29, 0.717) is 41.6 Å². The Morgan fingerprint density at radius 3 is 2.61 bits per heavy atom. The van der Waals surface area contributed by atoms with Gasteiger partial charge in [-0.3, -0.25) is 4.79 Å². The second-order valence-electron chi connectivity index (χ2n) is 6.36. The Kier molecular flexibility index (Phi) is 4.89. The van der Waals surface area contributed by atoms with Gasteiger partial charge in [-0.15, -0.1) is 0 Å². The van der Waals surface area contributed by atoms with Crippen LogP contribution in [-0.4, -0.2) is 35.0 Å². The van der Waals surface area contributed by atoms with Gasteiger partial charge in [0.25, 0.3) is 5.91 Å². The Hall–Kier alpha value is -3.85. The number of likely N-dealkylation sites (tertiary alicyclic amines) is 1. The van der Waals surface area contributed by atoms with E-state index < -0.39 is 0 Å². The molecule has 0 unspecified atom stereocenters. The lowest BCUT2D eigenvalue weighted by Gasteiger charge is -2.38. The molecule has 1 aromatic heterocycles. The molecule has 0 atom stereocenters. The van der Waals surface area contributed by atoms with Crippen LogP contribution in [0.2, 0.25) is 0 Å². The normalized spacial score (nSPS) is 13.3. The summed E-state index contributed by atoms with van der Waals surface area (Å²) in [4.78, 5) is 18.7. The highest BCUT2D eigenvalue weighted by Crippen LogP contribution is 2.28. The molecule has 0 bridgehead atoms. The van der Waals surface area contributed by atoms with E-state index in [4.69, 9.17) is 14.7 Å². The van der Waals surface area contributed by atoms with Gasteiger partial charge in [0.15, 0.2) is 0 Å². The van der Waals surface area contributed by atoms with Gasteiger partial charge in [0, 0.05) is 12.3 Å². The molecule has 0 spiro atoms. The van der Waals surface area contributed by atoms with Gasteiger partial charge in [-0.25, -0.2) is 4.98 Å². The smallest absolute Gasteiger partial charge is 0.257 e. The van der Waals surface area contributed by atoms with Crippen LogP contribution in [0, 0.1) is 11.3 Å². The number of benzene rings is 2. The van der Waals surface area contributed by atoms with Crippen molar-refractivity contribution in [3.63, 3.8) is 0 Å². The van der Waals surface area contributed by atoms with Crippen molar-refractivity contribution in [2.75, 3.05) is 13.1 Å². The number of nitrogens with zero attached hydrogens (tertiary/aromatic N) is 3. The zero-order valence-electron chi connectivity index (χ0n) is 15.0. The van der Waals surface area contributed by atoms with E-state index in [2.05, 4.69) is 11.1 Å². The van der Waals surface area contributed by atoms with Crippen molar-refractivity contribution in [3.05, 3.63) is 84.1 Å². The van der Waals surface area contributed by atoms with Crippen LogP contribution < -0.4 is 9.47 Å². The van der Waals surface area contributed by atoms with Gasteiger partial charge >= 0.3 is 0 Å². The molecule has 0 N–H and O–H groups in total. The van der Waals surface area contributed by atoms with Crippen LogP contribution in [0.3, 0.4) is 0 Å². The number of hydrogen-bond acceptors (Lipinski definition) is 5. The average Bonchev–Trinajstić information content (AvgIpc) is 2.71. The molecule has 1 amide bonds. The predicted octanol–water partition coefficient (Wildman–Crippen LogP) is 3.65. The summed E-state index contributed by atoms with van der Waals surface area (Å²) in [6, 6.07) is 21.8. The topological polar surface area (TPSA) is 75.5 Å². The van der Waals surface area contributed by atoms with Crippen molar-refractivity contribution in [2.45, 2.75) is 6.10 Å². The van der Waals surface area contributed by atoms with Gasteiger partial charge in [-0.2, -0.15) is 5.26 Å². The molecule has 1 aliphatic heterocycles. The summed E-state index contributed by atoms with van der Waals surface area (Å²) in [5, 5.41) is 8.94. The van der Waals surface area contributed by atoms with Crippen LogP contribution in [0.4, 0.5) is 0 Å². The molecule has 1 fully saturated rings. The standard InChI is InChI=1S/C22H17N3O3/c23-13-16-10-11-24-21(12-16)28-18-14-25(15-18)22(26)19-8-4-5-9-20(19)27-17-6-2-1-3-7-17/h1-12,18H,14-15H2. The zero-order chi connectivity index (χ0) is 19.3. The minimum Gasteiger partial charge on any atom is -0.471 e. The quantitative estimate of drug-likeness (QED) is 0.684. The number of ether oxygens (including phenoxy) is 2. The first-order valence-corrected chi connectivity index (χ1v) is 8.87. The summed E-state index contributed by atoms with van der Waals surface area (Å²) in [5.41, 5.74) is 0.999. The van der Waals surface area contributed by atoms with Gasteiger partial charge in [0.2, 0.25) is 5.88 Å². The fraction of sp³-hybridized carbons (Fsp3) is 0.136. The van der Waals surface area contributed by atoms with Crippen molar-refractivity contribution >= 4 is 5.91 Å². The molecule has 6 heteroatoms. The molecule has 28 heavy (non-hydrogen) atoms. The van der Waals surface area contributed by atoms with Crippen molar-refractivity contribution in [3.8, 4) is 23.4 Å². The lowest BCUT2D eigenvalue weighted by molar-refractivity contribution is 0.0158. The van der Waals surface area contributed by atoms with E-state index in [1.165, 1.54) is 6.20 Å². The molecule has 0 saturated carbocycles. The van der Waals surface area contributed by atoms with E-state index in [0.717, 1.165) is 0 Å². The number of amides is 1. The number of carbonyl (C=O) groups is 1. The molecule has 138 valence electrons. The number of hydrogen-bond donors (Lipinski definition) is 0. The van der Waals surface area contributed by atoms with Crippen molar-refractivity contribution in [1.82, 2.24) is 9.88 Å². The number of para-hydroxylation sites is 2. The number of carbonyl (C=O) groups excluding carboxylic acids is 1. The SMILES string of the molecule is N#Cc1ccnc(OC2CN(C(=O)c3ccccc3Oc3ccccc3)C2)c1. The highest BCUT2D eigenvalue weighted by atomic mass is 16.5. The van der Waals surface area contributed by atoms with Gasteiger partial charge in [-0.05, 0) is 30.3 Å². The van der Waals surface area contributed by atoms with Crippen molar-refractivity contribution < 1.29 is 14.3 Å². The van der Waals surface area contributed by atoms with Gasteiger partial charge in [0.05, 0.1) is 30.3 Å². The molecule has 2 heterocycles. The minimum atomic E-state index is -0.146. The average molecular weight is 371 g/mol. The van der Waals surface area contributed by atoms with Gasteiger partial charge in [-0.1, -0.05) is 30.3 Å². The Balaban J connectivity index is 1.40. The molecule has 0 aliphatic carbocycles. The Morgan fingerprint density at radius 2 is 1.82 bits per heavy atom. The third-order valence-corrected chi connectivity index (χ3v) is 4.38. The van der Waals surface area contributed by atoms with E-state index in [9.17, 15) is 4.79 Å². The maximum Gasteiger partial charge on any atom is 0.257 e. The predicted molar refractivity (Wildman–Crippen MR) is 102 cm³/mol. The van der Waals surface area contributed by atoms with Crippen LogP contribution in [0.5, 0.6) is 17.4 Å². The molecular formula is C22H17N3O3. The second kappa shape index (κ2) is 7.80. The molecule has 2 aromatic carbocycles. The van der Waals surface area contributed by atoms with Crippen molar-refractivity contribution in [1.29, 1.82) is 5.26 Å². The fourth-order valence-corrected chi connectivity index (χ4v) is 2.91. The summed E-state index contributed by atoms with van der Waals surface area (Å²) in [6.07, 6.45) is 1.39. The molecule has 1 saturated heterocycles. The third-order valence-electron chi connectivity index (χ3n) is 4.38. The lowest BCUT2D eigenvalue weighted by atomic mass is 10.1. The number of nitriles is 1. The number of pyridine rings is 1. The Bertz CT molecular complexity index is 1020. The maximum atomic E-state index is 12.9. The number of aromatic nitrogens is 1. The molecule has 0 radical (unpaired) electrons. The monoisotopic (exact) mass is 371 g/mol. The van der Waals surface area contributed by atoms with E-state index in [-0.39, 0.29) is 12.0 Å². The zero-order valence-corrected chi connectivity index (χ0v) is 15.0. The number of rotatable bonds is 5. The van der Waals surface area contributed by atoms with Gasteiger partial charge in [0.1, 0.15) is 17.6 Å². The molecular weight excluding hydrogens is 354 g/mol. The largest absolute Gasteiger partial charge is 0.471 e. The lowest BCUT2D eigenvalue weighted by Crippen LogP contribution is -2.56. The van der Waals surface area contributed by atoms with Crippen LogP contribution in [0.1, 0.15) is 15.9 Å². The van der Waals surface area contributed by atoms with Crippen LogP contribution in [0.25, 0.3) is 0 Å². The minimum absolute atomic E-state index is 0.106. The first-order chi connectivity index (χ1) is 13.7.